The molecule has 104 valence electrons. The third-order valence-electron chi connectivity index (χ3n) is 3.16. The molecule has 0 atom stereocenters. The monoisotopic (exact) mass is 262 g/mol. The van der Waals surface area contributed by atoms with E-state index in [0.29, 0.717) is 0 Å². The second kappa shape index (κ2) is 6.92. The molecule has 1 aliphatic rings. The summed E-state index contributed by atoms with van der Waals surface area (Å²) in [6.07, 6.45) is 4.68. The first-order chi connectivity index (χ1) is 9.35. The molecule has 0 saturated carbocycles. The number of rotatable bonds is 3. The quantitative estimate of drug-likeness (QED) is 0.638. The topological polar surface area (TPSA) is 56.7 Å². The van der Waals surface area contributed by atoms with Gasteiger partial charge in [0.15, 0.2) is 5.96 Å². The van der Waals surface area contributed by atoms with E-state index in [1.54, 1.807) is 12.4 Å². The molecule has 1 fully saturated rings. The SMILES string of the molecule is CCCNC(=NC)N1CCN(c2ncccn2)CC1. The fourth-order valence-electron chi connectivity index (χ4n) is 2.14. The van der Waals surface area contributed by atoms with Crippen molar-refractivity contribution in [3.05, 3.63) is 18.5 Å². The van der Waals surface area contributed by atoms with Crippen LogP contribution in [0.2, 0.25) is 0 Å². The Morgan fingerprint density at radius 1 is 1.26 bits per heavy atom. The van der Waals surface area contributed by atoms with Crippen molar-refractivity contribution in [1.29, 1.82) is 0 Å². The van der Waals surface area contributed by atoms with Crippen molar-refractivity contribution in [3.63, 3.8) is 0 Å². The number of piperazine rings is 1. The van der Waals surface area contributed by atoms with Gasteiger partial charge in [0.2, 0.25) is 5.95 Å². The third-order valence-corrected chi connectivity index (χ3v) is 3.16. The molecule has 0 unspecified atom stereocenters. The molecule has 0 radical (unpaired) electrons. The van der Waals surface area contributed by atoms with Crippen molar-refractivity contribution in [3.8, 4) is 0 Å². The Balaban J connectivity index is 1.88. The van der Waals surface area contributed by atoms with Crippen LogP contribution in [0.5, 0.6) is 0 Å². The number of anilines is 1. The Labute approximate surface area is 114 Å². The first kappa shape index (κ1) is 13.6. The van der Waals surface area contributed by atoms with Gasteiger partial charge in [-0.05, 0) is 12.5 Å². The van der Waals surface area contributed by atoms with Crippen molar-refractivity contribution >= 4 is 11.9 Å². The highest BCUT2D eigenvalue weighted by Crippen LogP contribution is 2.09. The van der Waals surface area contributed by atoms with Crippen LogP contribution in [0.4, 0.5) is 5.95 Å². The van der Waals surface area contributed by atoms with Crippen LogP contribution < -0.4 is 10.2 Å². The zero-order valence-corrected chi connectivity index (χ0v) is 11.7. The Morgan fingerprint density at radius 2 is 1.95 bits per heavy atom. The van der Waals surface area contributed by atoms with E-state index in [2.05, 4.69) is 37.0 Å². The van der Waals surface area contributed by atoms with Crippen LogP contribution in [0, 0.1) is 0 Å². The van der Waals surface area contributed by atoms with Crippen LogP contribution >= 0.6 is 0 Å². The van der Waals surface area contributed by atoms with Crippen LogP contribution in [-0.2, 0) is 0 Å². The maximum atomic E-state index is 4.33. The van der Waals surface area contributed by atoms with Gasteiger partial charge >= 0.3 is 0 Å². The summed E-state index contributed by atoms with van der Waals surface area (Å²) in [6.45, 7) is 6.87. The molecule has 0 aliphatic carbocycles. The van der Waals surface area contributed by atoms with E-state index >= 15 is 0 Å². The maximum absolute atomic E-state index is 4.33. The number of guanidine groups is 1. The zero-order valence-electron chi connectivity index (χ0n) is 11.7. The van der Waals surface area contributed by atoms with E-state index in [1.807, 2.05) is 13.1 Å². The predicted octanol–water partition coefficient (Wildman–Crippen LogP) is 0.584. The number of hydrogen-bond donors (Lipinski definition) is 1. The van der Waals surface area contributed by atoms with Gasteiger partial charge in [0.1, 0.15) is 0 Å². The lowest BCUT2D eigenvalue weighted by atomic mass is 10.3. The Kier molecular flexibility index (Phi) is 4.94. The minimum Gasteiger partial charge on any atom is -0.356 e. The highest BCUT2D eigenvalue weighted by molar-refractivity contribution is 5.80. The molecule has 2 heterocycles. The molecule has 1 aromatic heterocycles. The Morgan fingerprint density at radius 3 is 2.53 bits per heavy atom. The molecule has 2 rings (SSSR count). The Bertz CT molecular complexity index is 397. The van der Waals surface area contributed by atoms with E-state index in [-0.39, 0.29) is 0 Å². The van der Waals surface area contributed by atoms with Crippen LogP contribution in [-0.4, -0.2) is 60.6 Å². The molecule has 0 spiro atoms. The van der Waals surface area contributed by atoms with Crippen LogP contribution in [0.3, 0.4) is 0 Å². The van der Waals surface area contributed by atoms with Gasteiger partial charge in [-0.3, -0.25) is 4.99 Å². The van der Waals surface area contributed by atoms with E-state index in [4.69, 9.17) is 0 Å². The normalized spacial score (nSPS) is 16.6. The van der Waals surface area contributed by atoms with Crippen molar-refractivity contribution in [2.45, 2.75) is 13.3 Å². The van der Waals surface area contributed by atoms with Crippen molar-refractivity contribution in [2.24, 2.45) is 4.99 Å². The van der Waals surface area contributed by atoms with E-state index < -0.39 is 0 Å². The largest absolute Gasteiger partial charge is 0.356 e. The number of aliphatic imine (C=N–C) groups is 1. The fourth-order valence-corrected chi connectivity index (χ4v) is 2.14. The van der Waals surface area contributed by atoms with Gasteiger partial charge in [-0.15, -0.1) is 0 Å². The molecule has 1 aliphatic heterocycles. The van der Waals surface area contributed by atoms with Crippen molar-refractivity contribution < 1.29 is 0 Å². The number of nitrogens with one attached hydrogen (secondary N) is 1. The smallest absolute Gasteiger partial charge is 0.225 e. The summed E-state index contributed by atoms with van der Waals surface area (Å²) in [6, 6.07) is 1.84. The summed E-state index contributed by atoms with van der Waals surface area (Å²) in [5.41, 5.74) is 0. The molecule has 1 aromatic rings. The second-order valence-corrected chi connectivity index (χ2v) is 4.50. The lowest BCUT2D eigenvalue weighted by Crippen LogP contribution is -2.53. The molecule has 0 aromatic carbocycles. The second-order valence-electron chi connectivity index (χ2n) is 4.50. The first-order valence-electron chi connectivity index (χ1n) is 6.82. The van der Waals surface area contributed by atoms with Crippen LogP contribution in [0.15, 0.2) is 23.5 Å². The molecule has 0 amide bonds. The summed E-state index contributed by atoms with van der Waals surface area (Å²) >= 11 is 0. The summed E-state index contributed by atoms with van der Waals surface area (Å²) in [5, 5.41) is 3.37. The molecular weight excluding hydrogens is 240 g/mol. The average molecular weight is 262 g/mol. The summed E-state index contributed by atoms with van der Waals surface area (Å²) in [4.78, 5) is 17.4. The van der Waals surface area contributed by atoms with Crippen molar-refractivity contribution in [1.82, 2.24) is 20.2 Å². The van der Waals surface area contributed by atoms with E-state index in [0.717, 1.165) is 51.1 Å². The van der Waals surface area contributed by atoms with E-state index in [1.165, 1.54) is 0 Å². The average Bonchev–Trinajstić information content (AvgIpc) is 2.49. The highest BCUT2D eigenvalue weighted by Gasteiger charge is 2.20. The lowest BCUT2D eigenvalue weighted by molar-refractivity contribution is 0.370. The number of nitrogens with zero attached hydrogens (tertiary/aromatic N) is 5. The van der Waals surface area contributed by atoms with Gasteiger partial charge in [-0.25, -0.2) is 9.97 Å². The molecule has 1 saturated heterocycles. The summed E-state index contributed by atoms with van der Waals surface area (Å²) in [7, 11) is 1.84. The van der Waals surface area contributed by atoms with Gasteiger partial charge in [0.25, 0.3) is 0 Å². The fraction of sp³-hybridized carbons (Fsp3) is 0.615. The van der Waals surface area contributed by atoms with Crippen molar-refractivity contribution in [2.75, 3.05) is 44.7 Å². The molecular formula is C13H22N6. The van der Waals surface area contributed by atoms with Gasteiger partial charge < -0.3 is 15.1 Å². The maximum Gasteiger partial charge on any atom is 0.225 e. The zero-order chi connectivity index (χ0) is 13.5. The Hall–Kier alpha value is -1.85. The first-order valence-corrected chi connectivity index (χ1v) is 6.82. The standard InChI is InChI=1S/C13H22N6/c1-3-5-15-12(14-2)18-8-10-19(11-9-18)13-16-6-4-7-17-13/h4,6-7H,3,5,8-11H2,1-2H3,(H,14,15). The van der Waals surface area contributed by atoms with E-state index in [9.17, 15) is 0 Å². The number of aromatic nitrogens is 2. The lowest BCUT2D eigenvalue weighted by Gasteiger charge is -2.36. The minimum atomic E-state index is 0.818. The predicted molar refractivity (Wildman–Crippen MR) is 77.5 cm³/mol. The van der Waals surface area contributed by atoms with Gasteiger partial charge in [0.05, 0.1) is 0 Å². The van der Waals surface area contributed by atoms with Gasteiger partial charge in [-0.2, -0.15) is 0 Å². The molecule has 1 N–H and O–H groups in total. The minimum absolute atomic E-state index is 0.818. The van der Waals surface area contributed by atoms with Gasteiger partial charge in [0, 0.05) is 52.2 Å². The van der Waals surface area contributed by atoms with Gasteiger partial charge in [-0.1, -0.05) is 6.92 Å². The number of hydrogen-bond acceptors (Lipinski definition) is 4. The summed E-state index contributed by atoms with van der Waals surface area (Å²) in [5.74, 6) is 1.81. The van der Waals surface area contributed by atoms with Crippen LogP contribution in [0.1, 0.15) is 13.3 Å². The highest BCUT2D eigenvalue weighted by atomic mass is 15.4. The molecule has 6 heteroatoms. The third kappa shape index (κ3) is 3.56. The molecule has 6 nitrogen and oxygen atoms in total. The summed E-state index contributed by atoms with van der Waals surface area (Å²) < 4.78 is 0. The van der Waals surface area contributed by atoms with Crippen LogP contribution in [0.25, 0.3) is 0 Å². The molecule has 0 bridgehead atoms. The molecule has 19 heavy (non-hydrogen) atoms.